The average molecular weight is 265 g/mol. The number of hydrogen-bond acceptors (Lipinski definition) is 3. The second-order valence-corrected chi connectivity index (χ2v) is 5.56. The van der Waals surface area contributed by atoms with Crippen LogP contribution in [0.3, 0.4) is 0 Å². The molecule has 3 heteroatoms. The highest BCUT2D eigenvalue weighted by atomic mass is 16.5. The molecule has 0 saturated heterocycles. The topological polar surface area (TPSA) is 41.5 Å². The summed E-state index contributed by atoms with van der Waals surface area (Å²) in [7, 11) is 0. The van der Waals surface area contributed by atoms with Crippen LogP contribution in [0.4, 0.5) is 0 Å². The van der Waals surface area contributed by atoms with Crippen molar-refractivity contribution in [2.45, 2.75) is 45.6 Å². The molecule has 0 heterocycles. The first-order chi connectivity index (χ1) is 9.07. The maximum Gasteiger partial charge on any atom is 0.119 e. The number of unbranched alkanes of at least 4 members (excludes halogenated alkanes) is 1. The predicted molar refractivity (Wildman–Crippen MR) is 79.7 cm³/mol. The predicted octanol–water partition coefficient (Wildman–Crippen LogP) is 2.77. The van der Waals surface area contributed by atoms with Crippen molar-refractivity contribution >= 4 is 0 Å². The van der Waals surface area contributed by atoms with Gasteiger partial charge in [0.15, 0.2) is 0 Å². The number of β-amino-alcohol motifs (C(OH)–C–C–N with tert-alkyl or cyclic N) is 1. The molecule has 3 nitrogen and oxygen atoms in total. The van der Waals surface area contributed by atoms with Crippen LogP contribution in [0.1, 0.15) is 39.2 Å². The van der Waals surface area contributed by atoms with Gasteiger partial charge in [0.1, 0.15) is 5.75 Å². The van der Waals surface area contributed by atoms with E-state index in [0.29, 0.717) is 6.54 Å². The molecule has 0 saturated carbocycles. The fraction of sp³-hybridized carbons (Fsp3) is 0.625. The molecule has 0 unspecified atom stereocenters. The number of nitrogens with one attached hydrogen (secondary N) is 1. The van der Waals surface area contributed by atoms with Gasteiger partial charge >= 0.3 is 0 Å². The van der Waals surface area contributed by atoms with Gasteiger partial charge in [-0.2, -0.15) is 0 Å². The lowest BCUT2D eigenvalue weighted by Crippen LogP contribution is -2.42. The molecule has 0 aromatic heterocycles. The van der Waals surface area contributed by atoms with Gasteiger partial charge in [0.2, 0.25) is 0 Å². The Bertz CT molecular complexity index is 346. The Kier molecular flexibility index (Phi) is 6.89. The van der Waals surface area contributed by atoms with Gasteiger partial charge < -0.3 is 15.2 Å². The van der Waals surface area contributed by atoms with Gasteiger partial charge in [-0.3, -0.25) is 0 Å². The van der Waals surface area contributed by atoms with Crippen molar-refractivity contribution in [1.29, 1.82) is 0 Å². The number of hydrogen-bond donors (Lipinski definition) is 2. The summed E-state index contributed by atoms with van der Waals surface area (Å²) in [6.07, 6.45) is 3.19. The van der Waals surface area contributed by atoms with Crippen LogP contribution in [0, 0.1) is 0 Å². The minimum absolute atomic E-state index is 0.00663. The molecular weight excluding hydrogens is 238 g/mol. The third-order valence-electron chi connectivity index (χ3n) is 3.05. The average Bonchev–Trinajstić information content (AvgIpc) is 2.38. The van der Waals surface area contributed by atoms with Crippen LogP contribution in [-0.4, -0.2) is 30.4 Å². The van der Waals surface area contributed by atoms with Crippen LogP contribution in [0.2, 0.25) is 0 Å². The summed E-state index contributed by atoms with van der Waals surface area (Å²) in [5.41, 5.74) is 1.27. The van der Waals surface area contributed by atoms with E-state index in [1.807, 2.05) is 12.1 Å². The molecule has 0 spiro atoms. The fourth-order valence-electron chi connectivity index (χ4n) is 2.00. The summed E-state index contributed by atoms with van der Waals surface area (Å²) in [5.74, 6) is 0.943. The van der Waals surface area contributed by atoms with E-state index in [1.54, 1.807) is 0 Å². The second-order valence-electron chi connectivity index (χ2n) is 5.56. The molecule has 0 aliphatic heterocycles. The van der Waals surface area contributed by atoms with Crippen molar-refractivity contribution in [2.24, 2.45) is 0 Å². The molecule has 19 heavy (non-hydrogen) atoms. The number of benzene rings is 1. The Morgan fingerprint density at radius 3 is 2.47 bits per heavy atom. The van der Waals surface area contributed by atoms with E-state index in [-0.39, 0.29) is 12.1 Å². The molecule has 108 valence electrons. The van der Waals surface area contributed by atoms with Gasteiger partial charge in [-0.25, -0.2) is 0 Å². The third kappa shape index (κ3) is 6.60. The second kappa shape index (κ2) is 8.18. The lowest BCUT2D eigenvalue weighted by atomic mass is 9.95. The molecule has 1 aromatic carbocycles. The quantitative estimate of drug-likeness (QED) is 0.675. The van der Waals surface area contributed by atoms with Crippen LogP contribution in [0.15, 0.2) is 24.3 Å². The summed E-state index contributed by atoms with van der Waals surface area (Å²) >= 11 is 0. The Balaban J connectivity index is 2.47. The standard InChI is InChI=1S/C16H27NO2/c1-4-5-12-19-15-8-6-14(7-9-15)13-16(2,3)17-10-11-18/h6-9,17-18H,4-5,10-13H2,1-3H3. The maximum atomic E-state index is 8.86. The summed E-state index contributed by atoms with van der Waals surface area (Å²) in [6, 6.07) is 8.30. The van der Waals surface area contributed by atoms with Crippen LogP contribution in [0.25, 0.3) is 0 Å². The van der Waals surface area contributed by atoms with E-state index in [0.717, 1.165) is 31.6 Å². The number of ether oxygens (including phenoxy) is 1. The normalized spacial score (nSPS) is 11.6. The molecule has 0 atom stereocenters. The number of aliphatic hydroxyl groups excluding tert-OH is 1. The van der Waals surface area contributed by atoms with E-state index in [9.17, 15) is 0 Å². The highest BCUT2D eigenvalue weighted by Gasteiger charge is 2.16. The third-order valence-corrected chi connectivity index (χ3v) is 3.05. The molecule has 1 rings (SSSR count). The van der Waals surface area contributed by atoms with Gasteiger partial charge in [-0.15, -0.1) is 0 Å². The molecule has 0 amide bonds. The van der Waals surface area contributed by atoms with Crippen molar-refractivity contribution in [3.05, 3.63) is 29.8 Å². The zero-order valence-corrected chi connectivity index (χ0v) is 12.4. The van der Waals surface area contributed by atoms with Gasteiger partial charge in [0.25, 0.3) is 0 Å². The van der Waals surface area contributed by atoms with Crippen molar-refractivity contribution in [2.75, 3.05) is 19.8 Å². The fourth-order valence-corrected chi connectivity index (χ4v) is 2.00. The first kappa shape index (κ1) is 16.0. The zero-order valence-electron chi connectivity index (χ0n) is 12.4. The molecule has 2 N–H and O–H groups in total. The minimum atomic E-state index is -0.00663. The molecule has 0 radical (unpaired) electrons. The van der Waals surface area contributed by atoms with Crippen LogP contribution >= 0.6 is 0 Å². The summed E-state index contributed by atoms with van der Waals surface area (Å²) in [4.78, 5) is 0. The van der Waals surface area contributed by atoms with Gasteiger partial charge in [0.05, 0.1) is 13.2 Å². The number of rotatable bonds is 9. The highest BCUT2D eigenvalue weighted by molar-refractivity contribution is 5.28. The van der Waals surface area contributed by atoms with Crippen LogP contribution in [-0.2, 0) is 6.42 Å². The zero-order chi connectivity index (χ0) is 14.1. The Morgan fingerprint density at radius 1 is 1.21 bits per heavy atom. The monoisotopic (exact) mass is 265 g/mol. The van der Waals surface area contributed by atoms with Gasteiger partial charge in [0, 0.05) is 12.1 Å². The van der Waals surface area contributed by atoms with Gasteiger partial charge in [-0.1, -0.05) is 25.5 Å². The van der Waals surface area contributed by atoms with E-state index >= 15 is 0 Å². The molecule has 1 aromatic rings. The van der Waals surface area contributed by atoms with E-state index in [1.165, 1.54) is 5.56 Å². The lowest BCUT2D eigenvalue weighted by molar-refractivity contribution is 0.265. The van der Waals surface area contributed by atoms with Crippen molar-refractivity contribution in [3.8, 4) is 5.75 Å². The molecule has 0 bridgehead atoms. The molecule has 0 aliphatic rings. The summed E-state index contributed by atoms with van der Waals surface area (Å²) in [5, 5.41) is 12.2. The van der Waals surface area contributed by atoms with Gasteiger partial charge in [-0.05, 0) is 44.4 Å². The molecule has 0 fully saturated rings. The Hall–Kier alpha value is -1.06. The maximum absolute atomic E-state index is 8.86. The summed E-state index contributed by atoms with van der Waals surface area (Å²) in [6.45, 7) is 8.05. The van der Waals surface area contributed by atoms with Crippen LogP contribution < -0.4 is 10.1 Å². The Labute approximate surface area is 117 Å². The van der Waals surface area contributed by atoms with E-state index in [4.69, 9.17) is 9.84 Å². The lowest BCUT2D eigenvalue weighted by Gasteiger charge is -2.26. The first-order valence-corrected chi connectivity index (χ1v) is 7.15. The van der Waals surface area contributed by atoms with E-state index in [2.05, 4.69) is 38.2 Å². The largest absolute Gasteiger partial charge is 0.494 e. The molecular formula is C16H27NO2. The van der Waals surface area contributed by atoms with Crippen molar-refractivity contribution < 1.29 is 9.84 Å². The smallest absolute Gasteiger partial charge is 0.119 e. The number of aliphatic hydroxyl groups is 1. The highest BCUT2D eigenvalue weighted by Crippen LogP contribution is 2.17. The summed E-state index contributed by atoms with van der Waals surface area (Å²) < 4.78 is 5.65. The van der Waals surface area contributed by atoms with Crippen molar-refractivity contribution in [3.63, 3.8) is 0 Å². The first-order valence-electron chi connectivity index (χ1n) is 7.15. The van der Waals surface area contributed by atoms with Crippen LogP contribution in [0.5, 0.6) is 5.75 Å². The Morgan fingerprint density at radius 2 is 1.89 bits per heavy atom. The van der Waals surface area contributed by atoms with Crippen molar-refractivity contribution in [1.82, 2.24) is 5.32 Å². The molecule has 0 aliphatic carbocycles. The minimum Gasteiger partial charge on any atom is -0.494 e. The van der Waals surface area contributed by atoms with E-state index < -0.39 is 0 Å². The SMILES string of the molecule is CCCCOc1ccc(CC(C)(C)NCCO)cc1.